The molecule has 1 saturated heterocycles. The highest BCUT2D eigenvalue weighted by atomic mass is 19.1. The second-order valence-corrected chi connectivity index (χ2v) is 6.63. The molecule has 24 heavy (non-hydrogen) atoms. The molecule has 0 N–H and O–H groups in total. The van der Waals surface area contributed by atoms with Gasteiger partial charge in [0, 0.05) is 32.1 Å². The van der Waals surface area contributed by atoms with E-state index in [2.05, 4.69) is 25.2 Å². The van der Waals surface area contributed by atoms with Gasteiger partial charge in [-0.15, -0.1) is 10.2 Å². The average molecular weight is 337 g/mol. The predicted molar refractivity (Wildman–Crippen MR) is 85.0 cm³/mol. The van der Waals surface area contributed by atoms with Gasteiger partial charge in [0.25, 0.3) is 0 Å². The van der Waals surface area contributed by atoms with E-state index in [1.54, 1.807) is 6.92 Å². The van der Waals surface area contributed by atoms with E-state index in [1.807, 2.05) is 27.0 Å². The molecule has 7 nitrogen and oxygen atoms in total. The van der Waals surface area contributed by atoms with Crippen LogP contribution in [0.15, 0.2) is 15.0 Å². The molecule has 2 aromatic rings. The van der Waals surface area contributed by atoms with E-state index in [1.165, 1.54) is 0 Å². The van der Waals surface area contributed by atoms with E-state index in [4.69, 9.17) is 8.94 Å². The number of halogens is 1. The van der Waals surface area contributed by atoms with E-state index >= 15 is 0 Å². The summed E-state index contributed by atoms with van der Waals surface area (Å²) in [6.45, 7) is 7.39. The maximum Gasteiger partial charge on any atom is 0.233 e. The van der Waals surface area contributed by atoms with Crippen molar-refractivity contribution in [2.45, 2.75) is 52.0 Å². The molecule has 0 radical (unpaired) electrons. The molecule has 132 valence electrons. The van der Waals surface area contributed by atoms with Crippen molar-refractivity contribution in [2.24, 2.45) is 0 Å². The van der Waals surface area contributed by atoms with Gasteiger partial charge in [-0.1, -0.05) is 5.16 Å². The van der Waals surface area contributed by atoms with Crippen molar-refractivity contribution in [3.8, 4) is 0 Å². The van der Waals surface area contributed by atoms with Crippen molar-refractivity contribution in [1.82, 2.24) is 25.2 Å². The Morgan fingerprint density at radius 3 is 2.83 bits per heavy atom. The molecule has 0 amide bonds. The third-order valence-corrected chi connectivity index (χ3v) is 4.57. The van der Waals surface area contributed by atoms with E-state index in [9.17, 15) is 4.39 Å². The fourth-order valence-corrected chi connectivity index (χ4v) is 3.16. The van der Waals surface area contributed by atoms with Gasteiger partial charge in [-0.2, -0.15) is 0 Å². The summed E-state index contributed by atoms with van der Waals surface area (Å²) in [4.78, 5) is 4.24. The molecule has 0 aromatic carbocycles. The van der Waals surface area contributed by atoms with E-state index in [0.29, 0.717) is 31.3 Å². The first kappa shape index (κ1) is 17.0. The lowest BCUT2D eigenvalue weighted by Crippen LogP contribution is -2.39. The molecule has 3 atom stereocenters. The van der Waals surface area contributed by atoms with Crippen molar-refractivity contribution in [3.05, 3.63) is 29.3 Å². The topological polar surface area (TPSA) is 71.4 Å². The molecular weight excluding hydrogens is 313 g/mol. The van der Waals surface area contributed by atoms with Gasteiger partial charge < -0.3 is 8.94 Å². The van der Waals surface area contributed by atoms with Crippen LogP contribution in [0.25, 0.3) is 0 Å². The van der Waals surface area contributed by atoms with Gasteiger partial charge in [-0.3, -0.25) is 9.80 Å². The lowest BCUT2D eigenvalue weighted by Gasteiger charge is -2.29. The van der Waals surface area contributed by atoms with Gasteiger partial charge in [-0.25, -0.2) is 4.39 Å². The summed E-state index contributed by atoms with van der Waals surface area (Å²) in [5.74, 6) is 1.91. The van der Waals surface area contributed by atoms with Crippen LogP contribution in [0.1, 0.15) is 42.6 Å². The monoisotopic (exact) mass is 337 g/mol. The van der Waals surface area contributed by atoms with Gasteiger partial charge in [0.15, 0.2) is 5.76 Å². The molecule has 0 aliphatic carbocycles. The first-order valence-corrected chi connectivity index (χ1v) is 8.23. The van der Waals surface area contributed by atoms with Gasteiger partial charge in [-0.05, 0) is 27.3 Å². The molecule has 1 aliphatic heterocycles. The number of alkyl halides is 1. The quantitative estimate of drug-likeness (QED) is 0.801. The number of aromatic nitrogens is 3. The Labute approximate surface area is 140 Å². The lowest BCUT2D eigenvalue weighted by molar-refractivity contribution is 0.139. The maximum absolute atomic E-state index is 14.0. The molecule has 0 spiro atoms. The normalized spacial score (nSPS) is 23.2. The zero-order valence-electron chi connectivity index (χ0n) is 14.6. The smallest absolute Gasteiger partial charge is 0.233 e. The number of hydrogen-bond donors (Lipinski definition) is 0. The van der Waals surface area contributed by atoms with Crippen LogP contribution in [0.3, 0.4) is 0 Å². The van der Waals surface area contributed by atoms with Gasteiger partial charge in [0.05, 0.1) is 18.3 Å². The zero-order valence-corrected chi connectivity index (χ0v) is 14.6. The third-order valence-electron chi connectivity index (χ3n) is 4.57. The minimum atomic E-state index is -0.812. The van der Waals surface area contributed by atoms with E-state index in [-0.39, 0.29) is 12.1 Å². The number of likely N-dealkylation sites (tertiary alicyclic amines) is 1. The zero-order chi connectivity index (χ0) is 17.3. The first-order valence-electron chi connectivity index (χ1n) is 8.23. The Morgan fingerprint density at radius 1 is 1.42 bits per heavy atom. The molecule has 3 heterocycles. The maximum atomic E-state index is 14.0. The molecule has 0 saturated carbocycles. The third kappa shape index (κ3) is 3.81. The van der Waals surface area contributed by atoms with Crippen molar-refractivity contribution in [2.75, 3.05) is 20.1 Å². The number of aryl methyl sites for hydroxylation is 2. The second-order valence-electron chi connectivity index (χ2n) is 6.63. The van der Waals surface area contributed by atoms with E-state index in [0.717, 1.165) is 18.0 Å². The number of likely N-dealkylation sites (N-methyl/N-ethyl adjacent to an activating group) is 1. The fraction of sp³-hybridized carbons (Fsp3) is 0.688. The van der Waals surface area contributed by atoms with Crippen LogP contribution in [0.5, 0.6) is 0 Å². The highest BCUT2D eigenvalue weighted by Crippen LogP contribution is 2.26. The second kappa shape index (κ2) is 6.98. The average Bonchev–Trinajstić information content (AvgIpc) is 3.21. The van der Waals surface area contributed by atoms with Crippen LogP contribution in [-0.4, -0.2) is 57.5 Å². The van der Waals surface area contributed by atoms with Crippen LogP contribution < -0.4 is 0 Å². The summed E-state index contributed by atoms with van der Waals surface area (Å²) >= 11 is 0. The SMILES string of the molecule is Cc1cc(CN2C[C@@H](F)C[C@H]2CN(C)C(C)c2nnc(C)o2)on1. The molecule has 1 fully saturated rings. The molecule has 1 aliphatic rings. The van der Waals surface area contributed by atoms with Crippen molar-refractivity contribution < 1.29 is 13.3 Å². The molecule has 3 rings (SSSR count). The number of rotatable bonds is 6. The van der Waals surface area contributed by atoms with Crippen LogP contribution in [0.4, 0.5) is 4.39 Å². The fourth-order valence-electron chi connectivity index (χ4n) is 3.16. The minimum Gasteiger partial charge on any atom is -0.424 e. The Hall–Kier alpha value is -1.80. The van der Waals surface area contributed by atoms with Crippen molar-refractivity contribution in [3.63, 3.8) is 0 Å². The lowest BCUT2D eigenvalue weighted by atomic mass is 10.1. The minimum absolute atomic E-state index is 0.0146. The summed E-state index contributed by atoms with van der Waals surface area (Å²) in [6.07, 6.45) is -0.291. The highest BCUT2D eigenvalue weighted by Gasteiger charge is 2.34. The van der Waals surface area contributed by atoms with Crippen LogP contribution in [0.2, 0.25) is 0 Å². The molecule has 0 bridgehead atoms. The van der Waals surface area contributed by atoms with Crippen LogP contribution >= 0.6 is 0 Å². The Bertz CT molecular complexity index is 673. The molecule has 1 unspecified atom stereocenters. The number of hydrogen-bond acceptors (Lipinski definition) is 7. The summed E-state index contributed by atoms with van der Waals surface area (Å²) in [5, 5.41) is 11.9. The van der Waals surface area contributed by atoms with Gasteiger partial charge in [0.1, 0.15) is 6.17 Å². The molecule has 8 heteroatoms. The summed E-state index contributed by atoms with van der Waals surface area (Å²) in [5.41, 5.74) is 0.843. The van der Waals surface area contributed by atoms with Crippen molar-refractivity contribution in [1.29, 1.82) is 0 Å². The standard InChI is InChI=1S/C16H24FN5O2/c1-10-5-15(24-20-10)9-22-7-13(17)6-14(22)8-21(4)11(2)16-19-18-12(3)23-16/h5,11,13-14H,6-9H2,1-4H3/t11?,13-,14-/m0/s1. The van der Waals surface area contributed by atoms with Crippen LogP contribution in [0, 0.1) is 13.8 Å². The van der Waals surface area contributed by atoms with Gasteiger partial charge in [0.2, 0.25) is 11.8 Å². The molecular formula is C16H24FN5O2. The van der Waals surface area contributed by atoms with Gasteiger partial charge >= 0.3 is 0 Å². The Kier molecular flexibility index (Phi) is 4.96. The summed E-state index contributed by atoms with van der Waals surface area (Å²) in [7, 11) is 1.99. The Morgan fingerprint density at radius 2 is 2.21 bits per heavy atom. The Balaban J connectivity index is 1.63. The first-order chi connectivity index (χ1) is 11.4. The number of nitrogens with zero attached hydrogens (tertiary/aromatic N) is 5. The summed E-state index contributed by atoms with van der Waals surface area (Å²) in [6, 6.07) is 2.00. The molecule has 2 aromatic heterocycles. The van der Waals surface area contributed by atoms with Crippen molar-refractivity contribution >= 4 is 0 Å². The van der Waals surface area contributed by atoms with Crippen LogP contribution in [-0.2, 0) is 6.54 Å². The predicted octanol–water partition coefficient (Wildman–Crippen LogP) is 2.28. The van der Waals surface area contributed by atoms with E-state index < -0.39 is 6.17 Å². The highest BCUT2D eigenvalue weighted by molar-refractivity contribution is 5.04. The summed E-state index contributed by atoms with van der Waals surface area (Å²) < 4.78 is 24.7. The largest absolute Gasteiger partial charge is 0.424 e.